The Morgan fingerprint density at radius 3 is 2.60 bits per heavy atom. The van der Waals surface area contributed by atoms with Crippen LogP contribution in [0.15, 0.2) is 0 Å². The Hall–Kier alpha value is -0.200. The van der Waals surface area contributed by atoms with Crippen LogP contribution in [0.3, 0.4) is 0 Å². The molecule has 0 aromatic carbocycles. The normalized spacial score (nSPS) is 13.5. The van der Waals surface area contributed by atoms with Crippen LogP contribution in [-0.2, 0) is 0 Å². The Balaban J connectivity index is 3.37. The maximum Gasteiger partial charge on any atom is 0.0683 e. The Morgan fingerprint density at radius 2 is 2.07 bits per heavy atom. The van der Waals surface area contributed by atoms with Crippen LogP contribution in [0.4, 0.5) is 0 Å². The second-order valence-corrected chi connectivity index (χ2v) is 5.67. The molecule has 0 spiro atoms. The molecular formula is C12H24N2S. The fourth-order valence-electron chi connectivity index (χ4n) is 1.41. The predicted molar refractivity (Wildman–Crippen MR) is 69.1 cm³/mol. The van der Waals surface area contributed by atoms with Crippen LogP contribution < -0.4 is 5.32 Å². The molecule has 0 aromatic heterocycles. The monoisotopic (exact) mass is 228 g/mol. The van der Waals surface area contributed by atoms with Crippen LogP contribution >= 0.6 is 11.8 Å². The molecule has 0 amide bonds. The van der Waals surface area contributed by atoms with E-state index >= 15 is 0 Å². The maximum atomic E-state index is 8.84. The van der Waals surface area contributed by atoms with E-state index < -0.39 is 0 Å². The lowest BCUT2D eigenvalue weighted by Gasteiger charge is -2.15. The molecule has 0 aromatic rings. The molecule has 0 radical (unpaired) electrons. The summed E-state index contributed by atoms with van der Waals surface area (Å²) in [7, 11) is 0. The first-order valence-electron chi connectivity index (χ1n) is 5.65. The van der Waals surface area contributed by atoms with Crippen molar-refractivity contribution in [3.63, 3.8) is 0 Å². The summed E-state index contributed by atoms with van der Waals surface area (Å²) in [6.45, 7) is 7.31. The minimum atomic E-state index is -0.148. The summed E-state index contributed by atoms with van der Waals surface area (Å²) >= 11 is 1.88. The third-order valence-corrected chi connectivity index (χ3v) is 3.27. The van der Waals surface area contributed by atoms with Gasteiger partial charge in [-0.2, -0.15) is 17.0 Å². The Kier molecular flexibility index (Phi) is 7.90. The average Bonchev–Trinajstić information content (AvgIpc) is 2.17. The molecule has 3 heteroatoms. The molecule has 1 unspecified atom stereocenters. The van der Waals surface area contributed by atoms with E-state index in [1.807, 2.05) is 25.6 Å². The summed E-state index contributed by atoms with van der Waals surface area (Å²) in [4.78, 5) is 0. The summed E-state index contributed by atoms with van der Waals surface area (Å²) in [5.41, 5.74) is -0.148. The number of hydrogen-bond acceptors (Lipinski definition) is 3. The first-order chi connectivity index (χ1) is 7.02. The number of nitrogens with zero attached hydrogens (tertiary/aromatic N) is 1. The minimum Gasteiger partial charge on any atom is -0.313 e. The van der Waals surface area contributed by atoms with Gasteiger partial charge in [-0.15, -0.1) is 0 Å². The fourth-order valence-corrected chi connectivity index (χ4v) is 2.02. The first kappa shape index (κ1) is 14.8. The highest BCUT2D eigenvalue weighted by atomic mass is 32.2. The van der Waals surface area contributed by atoms with Gasteiger partial charge in [-0.05, 0) is 46.4 Å². The number of hydrogen-bond donors (Lipinski definition) is 1. The smallest absolute Gasteiger partial charge is 0.0683 e. The average molecular weight is 228 g/mol. The molecule has 88 valence electrons. The highest BCUT2D eigenvalue weighted by Crippen LogP contribution is 2.21. The van der Waals surface area contributed by atoms with Crippen molar-refractivity contribution in [1.29, 1.82) is 5.26 Å². The molecule has 15 heavy (non-hydrogen) atoms. The van der Waals surface area contributed by atoms with E-state index in [9.17, 15) is 0 Å². The SMILES string of the molecule is CSCC(C)NCCCCC(C)(C)C#N. The molecule has 0 saturated heterocycles. The molecule has 0 bridgehead atoms. The zero-order valence-electron chi connectivity index (χ0n) is 10.5. The first-order valence-corrected chi connectivity index (χ1v) is 7.05. The van der Waals surface area contributed by atoms with E-state index in [4.69, 9.17) is 5.26 Å². The van der Waals surface area contributed by atoms with E-state index in [-0.39, 0.29) is 5.41 Å². The Bertz CT molecular complexity index is 196. The second-order valence-electron chi connectivity index (χ2n) is 4.76. The largest absolute Gasteiger partial charge is 0.313 e. The van der Waals surface area contributed by atoms with Gasteiger partial charge in [0.15, 0.2) is 0 Å². The van der Waals surface area contributed by atoms with Crippen LogP contribution in [0.5, 0.6) is 0 Å². The van der Waals surface area contributed by atoms with Crippen LogP contribution in [0, 0.1) is 16.7 Å². The van der Waals surface area contributed by atoms with Crippen LogP contribution in [-0.4, -0.2) is 24.6 Å². The summed E-state index contributed by atoms with van der Waals surface area (Å²) in [5.74, 6) is 1.17. The third-order valence-electron chi connectivity index (χ3n) is 2.44. The summed E-state index contributed by atoms with van der Waals surface area (Å²) in [6.07, 6.45) is 5.44. The Morgan fingerprint density at radius 1 is 1.40 bits per heavy atom. The van der Waals surface area contributed by atoms with Crippen LogP contribution in [0.1, 0.15) is 40.0 Å². The zero-order valence-corrected chi connectivity index (χ0v) is 11.3. The number of nitriles is 1. The molecule has 1 N–H and O–H groups in total. The lowest BCUT2D eigenvalue weighted by atomic mass is 9.89. The number of thioether (sulfide) groups is 1. The van der Waals surface area contributed by atoms with Crippen molar-refractivity contribution in [2.24, 2.45) is 5.41 Å². The maximum absolute atomic E-state index is 8.84. The highest BCUT2D eigenvalue weighted by molar-refractivity contribution is 7.98. The van der Waals surface area contributed by atoms with E-state index in [1.54, 1.807) is 0 Å². The number of nitrogens with one attached hydrogen (secondary N) is 1. The summed E-state index contributed by atoms with van der Waals surface area (Å²) in [6, 6.07) is 2.94. The zero-order chi connectivity index (χ0) is 11.7. The van der Waals surface area contributed by atoms with Crippen LogP contribution in [0.2, 0.25) is 0 Å². The van der Waals surface area contributed by atoms with E-state index in [1.165, 1.54) is 12.2 Å². The van der Waals surface area contributed by atoms with Gasteiger partial charge in [-0.25, -0.2) is 0 Å². The van der Waals surface area contributed by atoms with Crippen molar-refractivity contribution in [2.45, 2.75) is 46.1 Å². The molecule has 0 aliphatic rings. The molecule has 1 atom stereocenters. The van der Waals surface area contributed by atoms with Crippen molar-refractivity contribution in [3.8, 4) is 6.07 Å². The van der Waals surface area contributed by atoms with Crippen molar-refractivity contribution >= 4 is 11.8 Å². The molecule has 0 aliphatic carbocycles. The molecule has 0 fully saturated rings. The highest BCUT2D eigenvalue weighted by Gasteiger charge is 2.15. The lowest BCUT2D eigenvalue weighted by Crippen LogP contribution is -2.29. The van der Waals surface area contributed by atoms with Crippen molar-refractivity contribution in [2.75, 3.05) is 18.6 Å². The third kappa shape index (κ3) is 8.77. The van der Waals surface area contributed by atoms with Gasteiger partial charge in [0.25, 0.3) is 0 Å². The van der Waals surface area contributed by atoms with E-state index in [0.29, 0.717) is 6.04 Å². The predicted octanol–water partition coefficient (Wildman–Crippen LogP) is 3.05. The van der Waals surface area contributed by atoms with Crippen LogP contribution in [0.25, 0.3) is 0 Å². The summed E-state index contributed by atoms with van der Waals surface area (Å²) in [5, 5.41) is 12.3. The van der Waals surface area contributed by atoms with Gasteiger partial charge in [-0.1, -0.05) is 6.42 Å². The summed E-state index contributed by atoms with van der Waals surface area (Å²) < 4.78 is 0. The van der Waals surface area contributed by atoms with Crippen molar-refractivity contribution in [1.82, 2.24) is 5.32 Å². The van der Waals surface area contributed by atoms with Crippen molar-refractivity contribution in [3.05, 3.63) is 0 Å². The number of rotatable bonds is 8. The van der Waals surface area contributed by atoms with Gasteiger partial charge in [0.1, 0.15) is 0 Å². The molecule has 2 nitrogen and oxygen atoms in total. The van der Waals surface area contributed by atoms with Gasteiger partial charge in [-0.3, -0.25) is 0 Å². The van der Waals surface area contributed by atoms with Gasteiger partial charge in [0, 0.05) is 11.8 Å². The topological polar surface area (TPSA) is 35.8 Å². The van der Waals surface area contributed by atoms with Gasteiger partial charge in [0.05, 0.1) is 11.5 Å². The molecule has 0 saturated carbocycles. The molecule has 0 heterocycles. The van der Waals surface area contributed by atoms with Gasteiger partial charge >= 0.3 is 0 Å². The Labute approximate surface area is 98.8 Å². The van der Waals surface area contributed by atoms with Gasteiger partial charge < -0.3 is 5.32 Å². The number of unbranched alkanes of at least 4 members (excludes halogenated alkanes) is 1. The van der Waals surface area contributed by atoms with E-state index in [0.717, 1.165) is 19.4 Å². The lowest BCUT2D eigenvalue weighted by molar-refractivity contribution is 0.419. The minimum absolute atomic E-state index is 0.148. The quantitative estimate of drug-likeness (QED) is 0.649. The molecular weight excluding hydrogens is 204 g/mol. The molecule has 0 rings (SSSR count). The fraction of sp³-hybridized carbons (Fsp3) is 0.917. The standard InChI is InChI=1S/C12H24N2S/c1-11(9-15-4)14-8-6-5-7-12(2,3)10-13/h11,14H,5-9H2,1-4H3. The van der Waals surface area contributed by atoms with E-state index in [2.05, 4.69) is 24.6 Å². The second kappa shape index (κ2) is 8.01. The van der Waals surface area contributed by atoms with Crippen molar-refractivity contribution < 1.29 is 0 Å². The van der Waals surface area contributed by atoms with Gasteiger partial charge in [0.2, 0.25) is 0 Å². The molecule has 0 aliphatic heterocycles.